The number of nitro benzene ring substituents is 1. The van der Waals surface area contributed by atoms with Crippen molar-refractivity contribution in [1.29, 1.82) is 0 Å². The summed E-state index contributed by atoms with van der Waals surface area (Å²) in [7, 11) is 0. The van der Waals surface area contributed by atoms with E-state index in [1.165, 1.54) is 12.1 Å². The molecule has 0 fully saturated rings. The Balaban J connectivity index is 2.96. The summed E-state index contributed by atoms with van der Waals surface area (Å²) in [5.41, 5.74) is 1.42. The molecular formula is C13H15NO3. The fourth-order valence-electron chi connectivity index (χ4n) is 1.60. The van der Waals surface area contributed by atoms with Gasteiger partial charge in [-0.05, 0) is 24.6 Å². The van der Waals surface area contributed by atoms with Crippen molar-refractivity contribution >= 4 is 5.69 Å². The van der Waals surface area contributed by atoms with Crippen molar-refractivity contribution in [3.8, 4) is 0 Å². The Morgan fingerprint density at radius 1 is 1.47 bits per heavy atom. The Bertz CT molecular complexity index is 436. The molecule has 0 amide bonds. The van der Waals surface area contributed by atoms with E-state index >= 15 is 0 Å². The van der Waals surface area contributed by atoms with Crippen LogP contribution in [0.3, 0.4) is 0 Å². The molecule has 1 rings (SSSR count). The van der Waals surface area contributed by atoms with Gasteiger partial charge in [0.15, 0.2) is 0 Å². The Morgan fingerprint density at radius 3 is 2.35 bits per heavy atom. The van der Waals surface area contributed by atoms with Crippen LogP contribution in [0.2, 0.25) is 0 Å². The lowest BCUT2D eigenvalue weighted by molar-refractivity contribution is -0.384. The van der Waals surface area contributed by atoms with Crippen LogP contribution < -0.4 is 0 Å². The van der Waals surface area contributed by atoms with Gasteiger partial charge in [0.25, 0.3) is 5.69 Å². The standard InChI is InChI=1S/C13H15NO3/c1-4-12(9(2)3)13(15)10-5-7-11(8-6-10)14(16)17/h4-8,12-13,15H,1-2H2,3H3. The molecule has 90 valence electrons. The number of benzene rings is 1. The van der Waals surface area contributed by atoms with Crippen molar-refractivity contribution in [2.24, 2.45) is 5.92 Å². The van der Waals surface area contributed by atoms with Crippen LogP contribution in [0.25, 0.3) is 0 Å². The topological polar surface area (TPSA) is 63.4 Å². The van der Waals surface area contributed by atoms with Gasteiger partial charge in [-0.25, -0.2) is 0 Å². The molecule has 1 aromatic carbocycles. The van der Waals surface area contributed by atoms with Gasteiger partial charge in [0, 0.05) is 18.1 Å². The third-order valence-corrected chi connectivity index (χ3v) is 2.61. The highest BCUT2D eigenvalue weighted by Crippen LogP contribution is 2.28. The van der Waals surface area contributed by atoms with Crippen LogP contribution in [0.15, 0.2) is 49.1 Å². The largest absolute Gasteiger partial charge is 0.387 e. The maximum absolute atomic E-state index is 10.5. The fraction of sp³-hybridized carbons (Fsp3) is 0.231. The molecular weight excluding hydrogens is 218 g/mol. The van der Waals surface area contributed by atoms with Crippen molar-refractivity contribution in [2.75, 3.05) is 0 Å². The maximum atomic E-state index is 10.5. The zero-order valence-electron chi connectivity index (χ0n) is 9.67. The van der Waals surface area contributed by atoms with Gasteiger partial charge in [0.05, 0.1) is 11.0 Å². The van der Waals surface area contributed by atoms with E-state index in [9.17, 15) is 15.2 Å². The van der Waals surface area contributed by atoms with Crippen molar-refractivity contribution in [3.05, 3.63) is 64.8 Å². The summed E-state index contributed by atoms with van der Waals surface area (Å²) in [5, 5.41) is 20.6. The first-order valence-electron chi connectivity index (χ1n) is 5.17. The van der Waals surface area contributed by atoms with Gasteiger partial charge in [-0.2, -0.15) is 0 Å². The second-order valence-corrected chi connectivity index (χ2v) is 3.90. The quantitative estimate of drug-likeness (QED) is 0.483. The second-order valence-electron chi connectivity index (χ2n) is 3.90. The average molecular weight is 233 g/mol. The minimum absolute atomic E-state index is 0.00595. The molecule has 2 atom stereocenters. The van der Waals surface area contributed by atoms with Crippen LogP contribution in [0.1, 0.15) is 18.6 Å². The van der Waals surface area contributed by atoms with Gasteiger partial charge >= 0.3 is 0 Å². The molecule has 0 spiro atoms. The molecule has 0 aliphatic heterocycles. The van der Waals surface area contributed by atoms with Crippen LogP contribution >= 0.6 is 0 Å². The number of nitrogens with zero attached hydrogens (tertiary/aromatic N) is 1. The van der Waals surface area contributed by atoms with Crippen molar-refractivity contribution in [2.45, 2.75) is 13.0 Å². The highest BCUT2D eigenvalue weighted by molar-refractivity contribution is 5.34. The van der Waals surface area contributed by atoms with Gasteiger partial charge in [-0.15, -0.1) is 6.58 Å². The lowest BCUT2D eigenvalue weighted by atomic mass is 9.90. The van der Waals surface area contributed by atoms with Gasteiger partial charge in [-0.1, -0.05) is 18.2 Å². The molecule has 2 unspecified atom stereocenters. The number of rotatable bonds is 5. The summed E-state index contributed by atoms with van der Waals surface area (Å²) in [4.78, 5) is 10.0. The molecule has 0 aromatic heterocycles. The smallest absolute Gasteiger partial charge is 0.269 e. The molecule has 0 radical (unpaired) electrons. The first-order chi connectivity index (χ1) is 7.97. The Labute approximate surface area is 100 Å². The Kier molecular flexibility index (Phi) is 4.17. The molecule has 1 aromatic rings. The van der Waals surface area contributed by atoms with E-state index in [0.29, 0.717) is 5.56 Å². The van der Waals surface area contributed by atoms with Gasteiger partial charge in [0.1, 0.15) is 0 Å². The lowest BCUT2D eigenvalue weighted by Crippen LogP contribution is -2.11. The minimum Gasteiger partial charge on any atom is -0.387 e. The first-order valence-corrected chi connectivity index (χ1v) is 5.17. The van der Waals surface area contributed by atoms with Crippen molar-refractivity contribution < 1.29 is 10.0 Å². The third-order valence-electron chi connectivity index (χ3n) is 2.61. The Morgan fingerprint density at radius 2 is 2.00 bits per heavy atom. The number of aliphatic hydroxyl groups is 1. The highest BCUT2D eigenvalue weighted by Gasteiger charge is 2.19. The lowest BCUT2D eigenvalue weighted by Gasteiger charge is -2.19. The van der Waals surface area contributed by atoms with Crippen LogP contribution in [-0.2, 0) is 0 Å². The van der Waals surface area contributed by atoms with Crippen molar-refractivity contribution in [3.63, 3.8) is 0 Å². The van der Waals surface area contributed by atoms with E-state index in [-0.39, 0.29) is 11.6 Å². The maximum Gasteiger partial charge on any atom is 0.269 e. The Hall–Kier alpha value is -1.94. The summed E-state index contributed by atoms with van der Waals surface area (Å²) in [5.74, 6) is -0.253. The molecule has 0 aliphatic carbocycles. The normalized spacial score (nSPS) is 13.8. The molecule has 0 saturated carbocycles. The second kappa shape index (κ2) is 5.41. The zero-order valence-corrected chi connectivity index (χ0v) is 9.67. The minimum atomic E-state index is -0.772. The summed E-state index contributed by atoms with van der Waals surface area (Å²) in [6.07, 6.45) is 0.847. The molecule has 0 saturated heterocycles. The van der Waals surface area contributed by atoms with Crippen LogP contribution in [0.5, 0.6) is 0 Å². The molecule has 17 heavy (non-hydrogen) atoms. The van der Waals surface area contributed by atoms with E-state index in [1.54, 1.807) is 25.1 Å². The summed E-state index contributed by atoms with van der Waals surface area (Å²) in [6.45, 7) is 9.23. The third kappa shape index (κ3) is 3.01. The van der Waals surface area contributed by atoms with E-state index in [0.717, 1.165) is 5.57 Å². The van der Waals surface area contributed by atoms with Gasteiger partial charge < -0.3 is 5.11 Å². The molecule has 0 heterocycles. The SMILES string of the molecule is C=CC(C(=C)C)C(O)c1ccc([N+](=O)[O-])cc1. The van der Waals surface area contributed by atoms with Gasteiger partial charge in [-0.3, -0.25) is 10.1 Å². The number of nitro groups is 1. The monoisotopic (exact) mass is 233 g/mol. The van der Waals surface area contributed by atoms with Crippen molar-refractivity contribution in [1.82, 2.24) is 0 Å². The molecule has 4 nitrogen and oxygen atoms in total. The summed E-state index contributed by atoms with van der Waals surface area (Å²) < 4.78 is 0. The number of non-ortho nitro benzene ring substituents is 1. The first kappa shape index (κ1) is 13.1. The summed E-state index contributed by atoms with van der Waals surface area (Å²) >= 11 is 0. The van der Waals surface area contributed by atoms with E-state index in [2.05, 4.69) is 13.2 Å². The molecule has 1 N–H and O–H groups in total. The fourth-order valence-corrected chi connectivity index (χ4v) is 1.60. The van der Waals surface area contributed by atoms with E-state index in [4.69, 9.17) is 0 Å². The predicted molar refractivity (Wildman–Crippen MR) is 66.6 cm³/mol. The predicted octanol–water partition coefficient (Wildman–Crippen LogP) is 3.01. The zero-order chi connectivity index (χ0) is 13.0. The van der Waals surface area contributed by atoms with Crippen LogP contribution in [0.4, 0.5) is 5.69 Å². The number of hydrogen-bond acceptors (Lipinski definition) is 3. The molecule has 0 bridgehead atoms. The van der Waals surface area contributed by atoms with E-state index < -0.39 is 11.0 Å². The van der Waals surface area contributed by atoms with Crippen LogP contribution in [0, 0.1) is 16.0 Å². The van der Waals surface area contributed by atoms with Gasteiger partial charge in [0.2, 0.25) is 0 Å². The average Bonchev–Trinajstić information content (AvgIpc) is 2.29. The molecule has 4 heteroatoms. The van der Waals surface area contributed by atoms with Crippen LogP contribution in [-0.4, -0.2) is 10.0 Å². The number of hydrogen-bond donors (Lipinski definition) is 1. The van der Waals surface area contributed by atoms with E-state index in [1.807, 2.05) is 0 Å². The number of aliphatic hydroxyl groups excluding tert-OH is 1. The highest BCUT2D eigenvalue weighted by atomic mass is 16.6. The molecule has 0 aliphatic rings. The summed E-state index contributed by atoms with van der Waals surface area (Å²) in [6, 6.07) is 5.83.